The quantitative estimate of drug-likeness (QED) is 0.386. The molecule has 0 bridgehead atoms. The van der Waals surface area contributed by atoms with E-state index in [1.54, 1.807) is 0 Å². The Balaban J connectivity index is 3.13. The van der Waals surface area contributed by atoms with E-state index in [4.69, 9.17) is 0 Å². The van der Waals surface area contributed by atoms with Gasteiger partial charge in [-0.05, 0) is 63.5 Å². The van der Waals surface area contributed by atoms with Gasteiger partial charge in [0.15, 0.2) is 5.78 Å². The minimum absolute atomic E-state index is 0.199. The summed E-state index contributed by atoms with van der Waals surface area (Å²) in [7, 11) is 4.02. The number of nitrogens with zero attached hydrogens (tertiary/aromatic N) is 2. The maximum absolute atomic E-state index is 13.4. The minimum Gasteiger partial charge on any atom is -0.378 e. The van der Waals surface area contributed by atoms with Crippen molar-refractivity contribution in [1.29, 1.82) is 0 Å². The van der Waals surface area contributed by atoms with Crippen molar-refractivity contribution in [1.82, 2.24) is 4.90 Å². The molecule has 1 atom stereocenters. The Bertz CT molecular complexity index is 527. The minimum atomic E-state index is -0.522. The third-order valence-corrected chi connectivity index (χ3v) is 4.94. The molecule has 0 fully saturated rings. The number of rotatable bonds is 12. The van der Waals surface area contributed by atoms with Gasteiger partial charge in [-0.25, -0.2) is 0 Å². The predicted octanol–water partition coefficient (Wildman–Crippen LogP) is 5.17. The van der Waals surface area contributed by atoms with E-state index in [9.17, 15) is 4.79 Å². The highest BCUT2D eigenvalue weighted by Gasteiger charge is 2.38. The third kappa shape index (κ3) is 5.71. The van der Waals surface area contributed by atoms with Gasteiger partial charge in [0.2, 0.25) is 0 Å². The van der Waals surface area contributed by atoms with Crippen molar-refractivity contribution < 1.29 is 4.79 Å². The first-order valence-corrected chi connectivity index (χ1v) is 9.58. The van der Waals surface area contributed by atoms with Crippen LogP contribution in [0.3, 0.4) is 0 Å². The predicted molar refractivity (Wildman–Crippen MR) is 110 cm³/mol. The van der Waals surface area contributed by atoms with Crippen LogP contribution in [-0.4, -0.2) is 43.4 Å². The summed E-state index contributed by atoms with van der Waals surface area (Å²) in [6.07, 6.45) is 7.06. The molecule has 3 nitrogen and oxygen atoms in total. The lowest BCUT2D eigenvalue weighted by atomic mass is 9.85. The van der Waals surface area contributed by atoms with Crippen molar-refractivity contribution in [2.45, 2.75) is 58.4 Å². The van der Waals surface area contributed by atoms with Gasteiger partial charge >= 0.3 is 0 Å². The number of anilines is 1. The summed E-state index contributed by atoms with van der Waals surface area (Å²) >= 11 is 0. The molecule has 1 unspecified atom stereocenters. The normalized spacial score (nSPS) is 13.5. The summed E-state index contributed by atoms with van der Waals surface area (Å²) in [6, 6.07) is 7.95. The molecule has 0 aliphatic rings. The molecule has 0 N–H and O–H groups in total. The van der Waals surface area contributed by atoms with Gasteiger partial charge in [0, 0.05) is 25.3 Å². The Morgan fingerprint density at radius 3 is 2.00 bits per heavy atom. The Morgan fingerprint density at radius 1 is 1.08 bits per heavy atom. The molecule has 0 aromatic heterocycles. The van der Waals surface area contributed by atoms with Gasteiger partial charge < -0.3 is 4.90 Å². The van der Waals surface area contributed by atoms with Crippen molar-refractivity contribution in [2.24, 2.45) is 0 Å². The lowest BCUT2D eigenvalue weighted by Gasteiger charge is -2.40. The van der Waals surface area contributed by atoms with Gasteiger partial charge in [-0.15, -0.1) is 6.58 Å². The first kappa shape index (κ1) is 21.4. The smallest absolute Gasteiger partial charge is 0.183 e. The van der Waals surface area contributed by atoms with Crippen LogP contribution in [0.25, 0.3) is 0 Å². The fourth-order valence-electron chi connectivity index (χ4n) is 3.17. The number of hydrogen-bond acceptors (Lipinski definition) is 3. The van der Waals surface area contributed by atoms with Crippen LogP contribution in [0.5, 0.6) is 0 Å². The van der Waals surface area contributed by atoms with Gasteiger partial charge in [0.25, 0.3) is 0 Å². The van der Waals surface area contributed by atoms with Crippen LogP contribution in [0, 0.1) is 0 Å². The van der Waals surface area contributed by atoms with Crippen LogP contribution < -0.4 is 4.90 Å². The second kappa shape index (κ2) is 10.4. The summed E-state index contributed by atoms with van der Waals surface area (Å²) in [5, 5.41) is 0. The Labute approximate surface area is 154 Å². The highest BCUT2D eigenvalue weighted by Crippen LogP contribution is 2.27. The third-order valence-electron chi connectivity index (χ3n) is 4.94. The zero-order valence-electron chi connectivity index (χ0n) is 16.8. The van der Waals surface area contributed by atoms with E-state index in [1.807, 2.05) is 49.3 Å². The Morgan fingerprint density at radius 2 is 1.60 bits per heavy atom. The molecular formula is C22H36N2O. The van der Waals surface area contributed by atoms with Crippen LogP contribution in [0.2, 0.25) is 0 Å². The number of benzene rings is 1. The van der Waals surface area contributed by atoms with E-state index < -0.39 is 5.54 Å². The summed E-state index contributed by atoms with van der Waals surface area (Å²) in [5.74, 6) is 0.199. The van der Waals surface area contributed by atoms with Gasteiger partial charge in [-0.2, -0.15) is 0 Å². The molecule has 1 aromatic rings. The molecule has 0 saturated heterocycles. The van der Waals surface area contributed by atoms with Gasteiger partial charge in [-0.3, -0.25) is 9.69 Å². The molecule has 0 aliphatic carbocycles. The summed E-state index contributed by atoms with van der Waals surface area (Å²) in [4.78, 5) is 17.8. The molecule has 0 heterocycles. The Hall–Kier alpha value is -1.61. The van der Waals surface area contributed by atoms with E-state index in [1.165, 1.54) is 0 Å². The first-order chi connectivity index (χ1) is 11.9. The number of unbranched alkanes of at least 4 members (excludes halogenated alkanes) is 2. The zero-order chi connectivity index (χ0) is 18.9. The first-order valence-electron chi connectivity index (χ1n) is 9.58. The van der Waals surface area contributed by atoms with Crippen LogP contribution in [-0.2, 0) is 0 Å². The van der Waals surface area contributed by atoms with Crippen molar-refractivity contribution in [3.8, 4) is 0 Å². The van der Waals surface area contributed by atoms with E-state index in [0.717, 1.165) is 50.0 Å². The maximum Gasteiger partial charge on any atom is 0.183 e. The average Bonchev–Trinajstić information content (AvgIpc) is 2.61. The highest BCUT2D eigenvalue weighted by atomic mass is 16.1. The standard InChI is InChI=1S/C22H36N2O/c1-7-10-17-24(18-11-8-2)22(4,16-9-3)21(25)19-12-14-20(15-13-19)23(5)6/h9,12-15H,3,7-8,10-11,16-18H2,1-2,4-6H3. The second-order valence-electron chi connectivity index (χ2n) is 7.23. The monoisotopic (exact) mass is 344 g/mol. The molecule has 3 heteroatoms. The summed E-state index contributed by atoms with van der Waals surface area (Å²) < 4.78 is 0. The van der Waals surface area contributed by atoms with Gasteiger partial charge in [-0.1, -0.05) is 32.8 Å². The van der Waals surface area contributed by atoms with Crippen molar-refractivity contribution in [2.75, 3.05) is 32.1 Å². The number of Topliss-reactive ketones (excluding diaryl/α,β-unsaturated/α-hetero) is 1. The van der Waals surface area contributed by atoms with Crippen molar-refractivity contribution in [3.05, 3.63) is 42.5 Å². The fraction of sp³-hybridized carbons (Fsp3) is 0.591. The molecule has 1 rings (SSSR count). The molecule has 0 spiro atoms. The number of hydrogen-bond donors (Lipinski definition) is 0. The molecule has 0 aliphatic heterocycles. The fourth-order valence-corrected chi connectivity index (χ4v) is 3.17. The SMILES string of the molecule is C=CCC(C)(C(=O)c1ccc(N(C)C)cc1)N(CCCC)CCCC. The molecule has 140 valence electrons. The van der Waals surface area contributed by atoms with Crippen LogP contribution >= 0.6 is 0 Å². The van der Waals surface area contributed by atoms with Crippen molar-refractivity contribution in [3.63, 3.8) is 0 Å². The lowest BCUT2D eigenvalue weighted by Crippen LogP contribution is -2.53. The number of carbonyl (C=O) groups is 1. The molecule has 0 saturated carbocycles. The molecule has 0 amide bonds. The maximum atomic E-state index is 13.4. The van der Waals surface area contributed by atoms with Gasteiger partial charge in [0.1, 0.15) is 0 Å². The number of carbonyl (C=O) groups excluding carboxylic acids is 1. The van der Waals surface area contributed by atoms with Crippen LogP contribution in [0.1, 0.15) is 63.2 Å². The largest absolute Gasteiger partial charge is 0.378 e. The van der Waals surface area contributed by atoms with Crippen LogP contribution in [0.15, 0.2) is 36.9 Å². The van der Waals surface area contributed by atoms with E-state index >= 15 is 0 Å². The van der Waals surface area contributed by atoms with Crippen LogP contribution in [0.4, 0.5) is 5.69 Å². The lowest BCUT2D eigenvalue weighted by molar-refractivity contribution is 0.0584. The Kier molecular flexibility index (Phi) is 8.91. The second-order valence-corrected chi connectivity index (χ2v) is 7.23. The number of ketones is 1. The molecule has 25 heavy (non-hydrogen) atoms. The summed E-state index contributed by atoms with van der Waals surface area (Å²) in [6.45, 7) is 12.3. The topological polar surface area (TPSA) is 23.6 Å². The average molecular weight is 345 g/mol. The summed E-state index contributed by atoms with van der Waals surface area (Å²) in [5.41, 5.74) is 1.37. The van der Waals surface area contributed by atoms with E-state index in [0.29, 0.717) is 6.42 Å². The molecule has 0 radical (unpaired) electrons. The molecule has 1 aromatic carbocycles. The zero-order valence-corrected chi connectivity index (χ0v) is 16.8. The highest BCUT2D eigenvalue weighted by molar-refractivity contribution is 6.03. The van der Waals surface area contributed by atoms with E-state index in [-0.39, 0.29) is 5.78 Å². The molecular weight excluding hydrogens is 308 g/mol. The van der Waals surface area contributed by atoms with Crippen molar-refractivity contribution >= 4 is 11.5 Å². The van der Waals surface area contributed by atoms with E-state index in [2.05, 4.69) is 32.3 Å². The van der Waals surface area contributed by atoms with Gasteiger partial charge in [0.05, 0.1) is 5.54 Å².